The Hall–Kier alpha value is -2.37. The fraction of sp³-hybridized carbons (Fsp3) is 0.435. The summed E-state index contributed by atoms with van der Waals surface area (Å²) in [5, 5.41) is 13.5. The first kappa shape index (κ1) is 19.0. The van der Waals surface area contributed by atoms with Crippen molar-refractivity contribution in [2.45, 2.75) is 43.7 Å². The number of hydrogen-bond donors (Lipinski definition) is 2. The third-order valence-electron chi connectivity index (χ3n) is 5.82. The molecule has 1 aliphatic heterocycles. The highest BCUT2D eigenvalue weighted by Crippen LogP contribution is 2.44. The molecule has 1 unspecified atom stereocenters. The Bertz CT molecular complexity index is 799. The molecule has 0 radical (unpaired) electrons. The third-order valence-corrected chi connectivity index (χ3v) is 5.82. The number of carbonyl (C=O) groups excluding carboxylic acids is 1. The first-order valence-corrected chi connectivity index (χ1v) is 9.97. The van der Waals surface area contributed by atoms with Crippen molar-refractivity contribution in [2.75, 3.05) is 19.8 Å². The van der Waals surface area contributed by atoms with Crippen molar-refractivity contribution in [1.29, 1.82) is 0 Å². The summed E-state index contributed by atoms with van der Waals surface area (Å²) in [4.78, 5) is 12.3. The molecule has 148 valence electrons. The normalized spacial score (nSPS) is 18.8. The van der Waals surface area contributed by atoms with E-state index in [-0.39, 0.29) is 12.0 Å². The van der Waals surface area contributed by atoms with Gasteiger partial charge in [-0.25, -0.2) is 4.79 Å². The molecule has 2 N–H and O–H groups in total. The van der Waals surface area contributed by atoms with Crippen LogP contribution in [-0.4, -0.2) is 42.7 Å². The molecule has 0 aromatic heterocycles. The van der Waals surface area contributed by atoms with E-state index in [1.165, 1.54) is 22.3 Å². The Morgan fingerprint density at radius 2 is 1.71 bits per heavy atom. The molecule has 0 bridgehead atoms. The second-order valence-corrected chi connectivity index (χ2v) is 7.91. The zero-order chi connectivity index (χ0) is 19.6. The van der Waals surface area contributed by atoms with Gasteiger partial charge in [-0.15, -0.1) is 0 Å². The molecule has 1 fully saturated rings. The molecule has 0 spiro atoms. The summed E-state index contributed by atoms with van der Waals surface area (Å²) in [6, 6.07) is 16.4. The highest BCUT2D eigenvalue weighted by molar-refractivity contribution is 5.79. The largest absolute Gasteiger partial charge is 0.449 e. The van der Waals surface area contributed by atoms with Crippen LogP contribution in [0.2, 0.25) is 0 Å². The van der Waals surface area contributed by atoms with E-state index in [1.54, 1.807) is 0 Å². The Labute approximate surface area is 165 Å². The summed E-state index contributed by atoms with van der Waals surface area (Å²) in [5.41, 5.74) is 4.04. The Balaban J connectivity index is 1.36. The van der Waals surface area contributed by atoms with Gasteiger partial charge in [0, 0.05) is 25.2 Å². The molecule has 2 aliphatic rings. The summed E-state index contributed by atoms with van der Waals surface area (Å²) in [6.07, 6.45) is 1.26. The Kier molecular flexibility index (Phi) is 5.38. The maximum absolute atomic E-state index is 12.3. The molecule has 4 rings (SSSR count). The SMILES string of the molecule is CC(CC1(O)CCOCC1)NC(=O)OCC1c2ccccc2-c2ccccc21. The van der Waals surface area contributed by atoms with Crippen LogP contribution in [0.5, 0.6) is 0 Å². The van der Waals surface area contributed by atoms with Gasteiger partial charge < -0.3 is 19.9 Å². The van der Waals surface area contributed by atoms with E-state index in [2.05, 4.69) is 29.6 Å². The first-order chi connectivity index (χ1) is 13.6. The highest BCUT2D eigenvalue weighted by atomic mass is 16.5. The van der Waals surface area contributed by atoms with E-state index in [9.17, 15) is 9.90 Å². The van der Waals surface area contributed by atoms with E-state index in [0.29, 0.717) is 39.1 Å². The molecule has 2 aromatic rings. The number of fused-ring (bicyclic) bond motifs is 3. The van der Waals surface area contributed by atoms with E-state index in [4.69, 9.17) is 9.47 Å². The predicted octanol–water partition coefficient (Wildman–Crippen LogP) is 3.85. The maximum Gasteiger partial charge on any atom is 0.407 e. The van der Waals surface area contributed by atoms with Crippen molar-refractivity contribution in [3.8, 4) is 11.1 Å². The third kappa shape index (κ3) is 3.91. The molecule has 5 heteroatoms. The summed E-state index contributed by atoms with van der Waals surface area (Å²) >= 11 is 0. The molecule has 1 saturated heterocycles. The van der Waals surface area contributed by atoms with Gasteiger partial charge in [-0.05, 0) is 48.4 Å². The zero-order valence-corrected chi connectivity index (χ0v) is 16.2. The van der Waals surface area contributed by atoms with Crippen molar-refractivity contribution in [3.63, 3.8) is 0 Å². The van der Waals surface area contributed by atoms with Crippen LogP contribution in [-0.2, 0) is 9.47 Å². The lowest BCUT2D eigenvalue weighted by molar-refractivity contribution is -0.0716. The zero-order valence-electron chi connectivity index (χ0n) is 16.2. The second-order valence-electron chi connectivity index (χ2n) is 7.91. The van der Waals surface area contributed by atoms with Crippen LogP contribution in [0, 0.1) is 0 Å². The molecule has 1 aliphatic carbocycles. The summed E-state index contributed by atoms with van der Waals surface area (Å²) < 4.78 is 10.9. The number of amides is 1. The lowest BCUT2D eigenvalue weighted by Gasteiger charge is -2.34. The van der Waals surface area contributed by atoms with Gasteiger partial charge >= 0.3 is 6.09 Å². The van der Waals surface area contributed by atoms with Gasteiger partial charge in [0.25, 0.3) is 0 Å². The van der Waals surface area contributed by atoms with Gasteiger partial charge in [0.2, 0.25) is 0 Å². The lowest BCUT2D eigenvalue weighted by Crippen LogP contribution is -2.44. The molecule has 2 aromatic carbocycles. The van der Waals surface area contributed by atoms with E-state index in [1.807, 2.05) is 31.2 Å². The minimum absolute atomic E-state index is 0.0492. The first-order valence-electron chi connectivity index (χ1n) is 9.97. The van der Waals surface area contributed by atoms with Crippen molar-refractivity contribution >= 4 is 6.09 Å². The summed E-state index contributed by atoms with van der Waals surface area (Å²) in [7, 11) is 0. The number of hydrogen-bond acceptors (Lipinski definition) is 4. The van der Waals surface area contributed by atoms with Gasteiger partial charge in [0.15, 0.2) is 0 Å². The monoisotopic (exact) mass is 381 g/mol. The minimum atomic E-state index is -0.770. The van der Waals surface area contributed by atoms with Crippen LogP contribution in [0.15, 0.2) is 48.5 Å². The Morgan fingerprint density at radius 1 is 1.14 bits per heavy atom. The van der Waals surface area contributed by atoms with Crippen LogP contribution < -0.4 is 5.32 Å². The Morgan fingerprint density at radius 3 is 2.32 bits per heavy atom. The summed E-state index contributed by atoms with van der Waals surface area (Å²) in [5.74, 6) is 0.0492. The summed E-state index contributed by atoms with van der Waals surface area (Å²) in [6.45, 7) is 3.32. The molecule has 5 nitrogen and oxygen atoms in total. The van der Waals surface area contributed by atoms with Crippen LogP contribution in [0.1, 0.15) is 43.2 Å². The number of ether oxygens (including phenoxy) is 2. The molecule has 1 atom stereocenters. The minimum Gasteiger partial charge on any atom is -0.449 e. The van der Waals surface area contributed by atoms with Gasteiger partial charge in [-0.1, -0.05) is 48.5 Å². The van der Waals surface area contributed by atoms with Gasteiger partial charge in [-0.2, -0.15) is 0 Å². The van der Waals surface area contributed by atoms with E-state index in [0.717, 1.165) is 0 Å². The number of aliphatic hydroxyl groups is 1. The average molecular weight is 381 g/mol. The fourth-order valence-electron chi connectivity index (χ4n) is 4.42. The van der Waals surface area contributed by atoms with Crippen LogP contribution in [0.4, 0.5) is 4.79 Å². The van der Waals surface area contributed by atoms with Crippen molar-refractivity contribution in [3.05, 3.63) is 59.7 Å². The molecule has 28 heavy (non-hydrogen) atoms. The quantitative estimate of drug-likeness (QED) is 0.826. The molecular formula is C23H27NO4. The number of nitrogens with one attached hydrogen (secondary N) is 1. The van der Waals surface area contributed by atoms with E-state index >= 15 is 0 Å². The van der Waals surface area contributed by atoms with Crippen LogP contribution in [0.3, 0.4) is 0 Å². The number of benzene rings is 2. The highest BCUT2D eigenvalue weighted by Gasteiger charge is 2.32. The molecular weight excluding hydrogens is 354 g/mol. The smallest absolute Gasteiger partial charge is 0.407 e. The predicted molar refractivity (Wildman–Crippen MR) is 107 cm³/mol. The molecule has 1 amide bonds. The van der Waals surface area contributed by atoms with Crippen LogP contribution in [0.25, 0.3) is 11.1 Å². The standard InChI is InChI=1S/C23H27NO4/c1-16(14-23(26)10-12-27-13-11-23)24-22(25)28-15-21-19-8-4-2-6-17(19)18-7-3-5-9-20(18)21/h2-9,16,21,26H,10-15H2,1H3,(H,24,25). The molecule has 0 saturated carbocycles. The second kappa shape index (κ2) is 7.94. The van der Waals surface area contributed by atoms with Gasteiger partial charge in [0.05, 0.1) is 5.60 Å². The number of rotatable bonds is 5. The average Bonchev–Trinajstić information content (AvgIpc) is 3.00. The van der Waals surface area contributed by atoms with Gasteiger partial charge in [-0.3, -0.25) is 0 Å². The lowest BCUT2D eigenvalue weighted by atomic mass is 9.88. The molecule has 1 heterocycles. The van der Waals surface area contributed by atoms with Crippen molar-refractivity contribution in [2.24, 2.45) is 0 Å². The van der Waals surface area contributed by atoms with Crippen LogP contribution >= 0.6 is 0 Å². The van der Waals surface area contributed by atoms with E-state index < -0.39 is 11.7 Å². The van der Waals surface area contributed by atoms with Crippen molar-refractivity contribution < 1.29 is 19.4 Å². The van der Waals surface area contributed by atoms with Crippen molar-refractivity contribution in [1.82, 2.24) is 5.32 Å². The topological polar surface area (TPSA) is 67.8 Å². The number of carbonyl (C=O) groups is 1. The maximum atomic E-state index is 12.3. The fourth-order valence-corrected chi connectivity index (χ4v) is 4.42. The van der Waals surface area contributed by atoms with Gasteiger partial charge in [0.1, 0.15) is 6.61 Å². The number of alkyl carbamates (subject to hydrolysis) is 1.